The first-order valence-electron chi connectivity index (χ1n) is 8.62. The first-order valence-corrected chi connectivity index (χ1v) is 8.62. The Kier molecular flexibility index (Phi) is 3.65. The van der Waals surface area contributed by atoms with E-state index in [0.717, 1.165) is 50.8 Å². The highest BCUT2D eigenvalue weighted by atomic mass is 16.5. The van der Waals surface area contributed by atoms with Gasteiger partial charge in [0, 0.05) is 31.6 Å². The van der Waals surface area contributed by atoms with Gasteiger partial charge < -0.3 is 15.4 Å². The van der Waals surface area contributed by atoms with Crippen LogP contribution < -0.4 is 10.6 Å². The number of hydrogen-bond donors (Lipinski definition) is 2. The van der Waals surface area contributed by atoms with Crippen molar-refractivity contribution in [2.75, 3.05) is 32.8 Å². The molecule has 2 fully saturated rings. The van der Waals surface area contributed by atoms with Crippen molar-refractivity contribution in [3.05, 3.63) is 0 Å². The second-order valence-corrected chi connectivity index (χ2v) is 7.33. The molecule has 0 saturated carbocycles. The number of rotatable bonds is 2. The highest BCUT2D eigenvalue weighted by Gasteiger charge is 2.51. The largest absolute Gasteiger partial charge is 0.381 e. The predicted molar refractivity (Wildman–Crippen MR) is 87.2 cm³/mol. The molecule has 7 heteroatoms. The first kappa shape index (κ1) is 15.1. The average molecular weight is 319 g/mol. The summed E-state index contributed by atoms with van der Waals surface area (Å²) in [5, 5.41) is 13.2. The van der Waals surface area contributed by atoms with Crippen LogP contribution in [0.2, 0.25) is 0 Å². The molecule has 1 amide bonds. The number of nitrogens with one attached hydrogen (secondary N) is 2. The molecule has 2 saturated heterocycles. The molecule has 4 rings (SSSR count). The molecule has 0 spiro atoms. The van der Waals surface area contributed by atoms with Crippen molar-refractivity contribution < 1.29 is 9.53 Å². The molecule has 3 atom stereocenters. The van der Waals surface area contributed by atoms with Crippen LogP contribution in [0.15, 0.2) is 10.1 Å². The molecule has 0 aromatic carbocycles. The lowest BCUT2D eigenvalue weighted by molar-refractivity contribution is -0.129. The Bertz CT molecular complexity index is 569. The van der Waals surface area contributed by atoms with Crippen molar-refractivity contribution >= 4 is 17.6 Å². The average Bonchev–Trinajstić information content (AvgIpc) is 3.13. The summed E-state index contributed by atoms with van der Waals surface area (Å²) in [4.78, 5) is 17.5. The Morgan fingerprint density at radius 2 is 2.09 bits per heavy atom. The van der Waals surface area contributed by atoms with E-state index in [9.17, 15) is 4.79 Å². The van der Waals surface area contributed by atoms with Gasteiger partial charge in [0.2, 0.25) is 0 Å². The number of ether oxygens (including phenoxy) is 1. The number of hydrazone groups is 1. The number of hydrogen-bond acceptors (Lipinski definition) is 6. The molecular formula is C16H25N5O2. The summed E-state index contributed by atoms with van der Waals surface area (Å²) in [6.07, 6.45) is 1.92. The van der Waals surface area contributed by atoms with Gasteiger partial charge in [-0.15, -0.1) is 0 Å². The molecule has 0 aliphatic carbocycles. The number of amidine groups is 2. The van der Waals surface area contributed by atoms with E-state index in [4.69, 9.17) is 14.8 Å². The monoisotopic (exact) mass is 319 g/mol. The van der Waals surface area contributed by atoms with Crippen LogP contribution in [-0.2, 0) is 9.53 Å². The molecular weight excluding hydrogens is 294 g/mol. The van der Waals surface area contributed by atoms with Crippen LogP contribution in [0, 0.1) is 17.8 Å². The predicted octanol–water partition coefficient (Wildman–Crippen LogP) is 0.185. The van der Waals surface area contributed by atoms with E-state index in [2.05, 4.69) is 17.6 Å². The number of nitrogens with zero attached hydrogens (tertiary/aromatic N) is 3. The fraction of sp³-hybridized carbons (Fsp3) is 0.812. The van der Waals surface area contributed by atoms with Crippen molar-refractivity contribution in [2.24, 2.45) is 27.8 Å². The maximum absolute atomic E-state index is 12.7. The zero-order chi connectivity index (χ0) is 16.0. The van der Waals surface area contributed by atoms with Gasteiger partial charge in [0.25, 0.3) is 5.91 Å². The maximum Gasteiger partial charge on any atom is 0.255 e. The second kappa shape index (κ2) is 5.56. The van der Waals surface area contributed by atoms with Crippen LogP contribution >= 0.6 is 0 Å². The summed E-state index contributed by atoms with van der Waals surface area (Å²) in [6, 6.07) is 0. The third-order valence-corrected chi connectivity index (χ3v) is 5.63. The molecule has 2 N–H and O–H groups in total. The van der Waals surface area contributed by atoms with Gasteiger partial charge in [-0.05, 0) is 32.2 Å². The van der Waals surface area contributed by atoms with Crippen LogP contribution in [-0.4, -0.2) is 61.0 Å². The third kappa shape index (κ3) is 2.37. The van der Waals surface area contributed by atoms with Gasteiger partial charge >= 0.3 is 0 Å². The minimum atomic E-state index is -0.674. The quantitative estimate of drug-likeness (QED) is 0.761. The lowest BCUT2D eigenvalue weighted by Gasteiger charge is -2.39. The maximum atomic E-state index is 12.7. The lowest BCUT2D eigenvalue weighted by atomic mass is 9.93. The van der Waals surface area contributed by atoms with Crippen molar-refractivity contribution in [2.45, 2.75) is 32.2 Å². The van der Waals surface area contributed by atoms with E-state index < -0.39 is 5.54 Å². The number of carbonyl (C=O) groups excluding carboxylic acids is 1. The zero-order valence-electron chi connectivity index (χ0n) is 13.8. The van der Waals surface area contributed by atoms with Gasteiger partial charge in [0.05, 0.1) is 6.54 Å². The van der Waals surface area contributed by atoms with E-state index in [0.29, 0.717) is 18.4 Å². The van der Waals surface area contributed by atoms with Gasteiger partial charge in [-0.2, -0.15) is 5.10 Å². The molecule has 0 aromatic heterocycles. The summed E-state index contributed by atoms with van der Waals surface area (Å²) in [6.45, 7) is 7.99. The van der Waals surface area contributed by atoms with Gasteiger partial charge in [0.1, 0.15) is 11.7 Å². The topological polar surface area (TPSA) is 78.3 Å². The summed E-state index contributed by atoms with van der Waals surface area (Å²) in [7, 11) is 0. The number of fused-ring (bicyclic) bond motifs is 1. The van der Waals surface area contributed by atoms with Crippen LogP contribution in [0.25, 0.3) is 0 Å². The minimum absolute atomic E-state index is 0.0207. The van der Waals surface area contributed by atoms with Gasteiger partial charge in [0.15, 0.2) is 5.54 Å². The van der Waals surface area contributed by atoms with Crippen molar-refractivity contribution in [3.63, 3.8) is 0 Å². The highest BCUT2D eigenvalue weighted by Crippen LogP contribution is 2.33. The fourth-order valence-electron chi connectivity index (χ4n) is 3.94. The zero-order valence-corrected chi connectivity index (χ0v) is 13.8. The molecule has 0 bridgehead atoms. The first-order chi connectivity index (χ1) is 11.1. The molecule has 0 radical (unpaired) electrons. The SMILES string of the molecule is CC1CNCC1C1=NN2C(C3CCOCC3)=NCC2(C)C(=O)N1. The molecule has 7 nitrogen and oxygen atoms in total. The van der Waals surface area contributed by atoms with E-state index in [-0.39, 0.29) is 11.8 Å². The molecule has 4 aliphatic rings. The lowest BCUT2D eigenvalue weighted by Crippen LogP contribution is -2.63. The minimum Gasteiger partial charge on any atom is -0.381 e. The number of amides is 1. The molecule has 126 valence electrons. The fourth-order valence-corrected chi connectivity index (χ4v) is 3.94. The Morgan fingerprint density at radius 3 is 2.78 bits per heavy atom. The smallest absolute Gasteiger partial charge is 0.255 e. The Balaban J connectivity index is 1.64. The van der Waals surface area contributed by atoms with Crippen molar-refractivity contribution in [3.8, 4) is 0 Å². The van der Waals surface area contributed by atoms with E-state index >= 15 is 0 Å². The molecule has 23 heavy (non-hydrogen) atoms. The number of aliphatic imine (C=N–C) groups is 1. The van der Waals surface area contributed by atoms with E-state index in [1.807, 2.05) is 11.9 Å². The number of carbonyl (C=O) groups is 1. The van der Waals surface area contributed by atoms with Gasteiger partial charge in [-0.25, -0.2) is 5.01 Å². The molecule has 3 unspecified atom stereocenters. The molecule has 4 heterocycles. The Labute approximate surface area is 136 Å². The van der Waals surface area contributed by atoms with E-state index in [1.165, 1.54) is 0 Å². The summed E-state index contributed by atoms with van der Waals surface area (Å²) >= 11 is 0. The standard InChI is InChI=1S/C16H25N5O2/c1-10-7-17-8-12(10)13-19-15(22)16(2)9-18-14(21(16)20-13)11-3-5-23-6-4-11/h10-12,17H,3-9H2,1-2H3,(H,19,20,22). The molecule has 0 aromatic rings. The van der Waals surface area contributed by atoms with Crippen molar-refractivity contribution in [1.29, 1.82) is 0 Å². The van der Waals surface area contributed by atoms with Crippen LogP contribution in [0.4, 0.5) is 0 Å². The van der Waals surface area contributed by atoms with E-state index in [1.54, 1.807) is 0 Å². The summed E-state index contributed by atoms with van der Waals surface area (Å²) in [5.41, 5.74) is -0.674. The van der Waals surface area contributed by atoms with Crippen LogP contribution in [0.3, 0.4) is 0 Å². The Hall–Kier alpha value is -1.47. The summed E-state index contributed by atoms with van der Waals surface area (Å²) < 4.78 is 5.46. The third-order valence-electron chi connectivity index (χ3n) is 5.63. The summed E-state index contributed by atoms with van der Waals surface area (Å²) in [5.74, 6) is 2.88. The highest BCUT2D eigenvalue weighted by molar-refractivity contribution is 6.09. The molecule has 4 aliphatic heterocycles. The van der Waals surface area contributed by atoms with Crippen LogP contribution in [0.5, 0.6) is 0 Å². The van der Waals surface area contributed by atoms with Gasteiger partial charge in [-0.1, -0.05) is 6.92 Å². The second-order valence-electron chi connectivity index (χ2n) is 7.33. The van der Waals surface area contributed by atoms with Gasteiger partial charge in [-0.3, -0.25) is 9.79 Å². The normalized spacial score (nSPS) is 38.2. The van der Waals surface area contributed by atoms with Crippen molar-refractivity contribution in [1.82, 2.24) is 15.6 Å². The van der Waals surface area contributed by atoms with Crippen LogP contribution in [0.1, 0.15) is 26.7 Å². The Morgan fingerprint density at radius 1 is 1.30 bits per heavy atom.